The second kappa shape index (κ2) is 15.2. The van der Waals surface area contributed by atoms with Crippen LogP contribution in [0.5, 0.6) is 0 Å². The Balaban J connectivity index is 1.07. The Labute approximate surface area is 314 Å². The Hall–Kier alpha value is -5.40. The van der Waals surface area contributed by atoms with Gasteiger partial charge in [0.1, 0.15) is 23.7 Å². The van der Waals surface area contributed by atoms with Gasteiger partial charge in [0.25, 0.3) is 0 Å². The van der Waals surface area contributed by atoms with Gasteiger partial charge in [-0.05, 0) is 78.7 Å². The summed E-state index contributed by atoms with van der Waals surface area (Å²) in [6.07, 6.45) is 5.12. The molecule has 2 aromatic carbocycles. The minimum Gasteiger partial charge on any atom is -0.453 e. The van der Waals surface area contributed by atoms with Crippen molar-refractivity contribution >= 4 is 35.0 Å². The van der Waals surface area contributed by atoms with Crippen LogP contribution in [-0.2, 0) is 19.1 Å². The molecule has 1 aliphatic carbocycles. The fraction of sp³-hybridized carbons (Fsp3) is 0.500. The zero-order valence-electron chi connectivity index (χ0n) is 31.7. The summed E-state index contributed by atoms with van der Waals surface area (Å²) in [7, 11) is 2.59. The third-order valence-corrected chi connectivity index (χ3v) is 11.4. The number of likely N-dealkylation sites (tertiary alicyclic amines) is 2. The number of methoxy groups -OCH3 is 2. The normalized spacial score (nSPS) is 21.9. The van der Waals surface area contributed by atoms with Crippen molar-refractivity contribution in [3.8, 4) is 22.4 Å². The Morgan fingerprint density at radius 1 is 0.796 bits per heavy atom. The lowest BCUT2D eigenvalue weighted by atomic mass is 9.95. The van der Waals surface area contributed by atoms with Crippen molar-refractivity contribution < 1.29 is 28.7 Å². The number of benzene rings is 2. The highest BCUT2D eigenvalue weighted by Crippen LogP contribution is 2.50. The van der Waals surface area contributed by atoms with Crippen molar-refractivity contribution in [1.29, 1.82) is 0 Å². The molecule has 1 unspecified atom stereocenters. The van der Waals surface area contributed by atoms with Gasteiger partial charge in [-0.1, -0.05) is 58.0 Å². The van der Waals surface area contributed by atoms with Crippen LogP contribution in [0.2, 0.25) is 0 Å². The molecule has 3 fully saturated rings. The Kier molecular flexibility index (Phi) is 10.4. The van der Waals surface area contributed by atoms with Crippen molar-refractivity contribution in [1.82, 2.24) is 40.4 Å². The van der Waals surface area contributed by atoms with Crippen molar-refractivity contribution in [2.45, 2.75) is 90.0 Å². The lowest BCUT2D eigenvalue weighted by Gasteiger charge is -2.37. The van der Waals surface area contributed by atoms with Crippen LogP contribution in [0.25, 0.3) is 33.4 Å². The molecule has 0 radical (unpaired) electrons. The van der Waals surface area contributed by atoms with E-state index >= 15 is 0 Å². The van der Waals surface area contributed by atoms with Gasteiger partial charge in [0.15, 0.2) is 0 Å². The monoisotopic (exact) mass is 738 g/mol. The predicted octanol–water partition coefficient (Wildman–Crippen LogP) is 6.10. The molecule has 4 amide bonds. The van der Waals surface area contributed by atoms with Gasteiger partial charge in [-0.2, -0.15) is 0 Å². The van der Waals surface area contributed by atoms with E-state index in [9.17, 15) is 19.2 Å². The number of H-pyrrole nitrogens is 2. The first-order valence-electron chi connectivity index (χ1n) is 18.9. The molecule has 4 heterocycles. The third kappa shape index (κ3) is 7.01. The standard InChI is InChI=1S/C40H50N8O6/c1-21(2)32(45-39(51)53-5)37(49)47-17-7-8-31(47)35-42-28-16-14-25(19-29(28)43-35)23-9-11-24(12-10-23)30-20-41-36(44-30)34-26-13-15-27(18-26)48(34)38(50)33(22(3)4)46-40(52)54-6/h9-12,14,16,19-22,26-27,31-34H,7-8,13,15,17-18H2,1-6H3,(H,41,44)(H,42,43)(H,45,51)(H,46,52)/t26-,27+,31-,32-,33?,34-/m0/s1. The molecule has 14 nitrogen and oxygen atoms in total. The summed E-state index contributed by atoms with van der Waals surface area (Å²) in [5.41, 5.74) is 5.59. The van der Waals surface area contributed by atoms with E-state index in [-0.39, 0.29) is 41.8 Å². The first-order chi connectivity index (χ1) is 26.0. The Morgan fingerprint density at radius 2 is 1.44 bits per heavy atom. The number of alkyl carbamates (subject to hydrolysis) is 2. The van der Waals surface area contributed by atoms with Gasteiger partial charge in [-0.3, -0.25) is 9.59 Å². The topological polar surface area (TPSA) is 175 Å². The van der Waals surface area contributed by atoms with Crippen LogP contribution in [0, 0.1) is 17.8 Å². The molecule has 2 bridgehead atoms. The fourth-order valence-corrected chi connectivity index (χ4v) is 8.55. The van der Waals surface area contributed by atoms with Gasteiger partial charge in [0.2, 0.25) is 11.8 Å². The van der Waals surface area contributed by atoms with E-state index in [2.05, 4.69) is 50.9 Å². The molecule has 4 aromatic rings. The molecule has 4 N–H and O–H groups in total. The smallest absolute Gasteiger partial charge is 0.407 e. The van der Waals surface area contributed by atoms with Crippen molar-refractivity contribution in [3.63, 3.8) is 0 Å². The summed E-state index contributed by atoms with van der Waals surface area (Å²) in [6, 6.07) is 12.7. The number of carbonyl (C=O) groups excluding carboxylic acids is 4. The van der Waals surface area contributed by atoms with Crippen molar-refractivity contribution in [2.75, 3.05) is 20.8 Å². The number of nitrogens with one attached hydrogen (secondary N) is 4. The molecule has 286 valence electrons. The fourth-order valence-electron chi connectivity index (χ4n) is 8.55. The molecular formula is C40H50N8O6. The number of aromatic amines is 2. The second-order valence-corrected chi connectivity index (χ2v) is 15.4. The molecule has 54 heavy (non-hydrogen) atoms. The quantitative estimate of drug-likeness (QED) is 0.151. The van der Waals surface area contributed by atoms with E-state index < -0.39 is 24.3 Å². The first kappa shape index (κ1) is 36.9. The summed E-state index contributed by atoms with van der Waals surface area (Å²) in [5.74, 6) is 1.35. The number of rotatable bonds is 10. The third-order valence-electron chi connectivity index (χ3n) is 11.4. The molecule has 2 saturated heterocycles. The summed E-state index contributed by atoms with van der Waals surface area (Å²) in [6.45, 7) is 8.24. The summed E-state index contributed by atoms with van der Waals surface area (Å²) < 4.78 is 9.58. The van der Waals surface area contributed by atoms with E-state index in [0.717, 1.165) is 77.2 Å². The average Bonchev–Trinajstić information content (AvgIpc) is 4.02. The molecule has 14 heteroatoms. The molecular weight excluding hydrogens is 688 g/mol. The lowest BCUT2D eigenvalue weighted by molar-refractivity contribution is -0.139. The van der Waals surface area contributed by atoms with Gasteiger partial charge in [0, 0.05) is 12.6 Å². The summed E-state index contributed by atoms with van der Waals surface area (Å²) >= 11 is 0. The largest absolute Gasteiger partial charge is 0.453 e. The maximum absolute atomic E-state index is 13.9. The Bertz CT molecular complexity index is 2020. The predicted molar refractivity (Wildman–Crippen MR) is 202 cm³/mol. The zero-order valence-corrected chi connectivity index (χ0v) is 31.7. The van der Waals surface area contributed by atoms with Gasteiger partial charge >= 0.3 is 12.2 Å². The lowest BCUT2D eigenvalue weighted by Crippen LogP contribution is -2.54. The highest BCUT2D eigenvalue weighted by molar-refractivity contribution is 5.88. The van der Waals surface area contributed by atoms with Crippen molar-refractivity contribution in [2.24, 2.45) is 17.8 Å². The van der Waals surface area contributed by atoms with Crippen LogP contribution in [0.1, 0.15) is 83.5 Å². The number of aromatic nitrogens is 4. The van der Waals surface area contributed by atoms with Gasteiger partial charge < -0.3 is 39.9 Å². The SMILES string of the molecule is COC(=O)NC(C(=O)N1[C@@H]2CC[C@@H](C2)[C@H]1c1ncc(-c2ccc(-c3ccc4nc([C@@H]5CCCN5C(=O)[C@@H](NC(=O)OC)C(C)C)[nH]c4c3)cc2)[nH]1)C(C)C. The minimum atomic E-state index is -0.693. The zero-order chi connectivity index (χ0) is 38.3. The maximum atomic E-state index is 13.9. The van der Waals surface area contributed by atoms with Gasteiger partial charge in [-0.15, -0.1) is 0 Å². The van der Waals surface area contributed by atoms with Crippen LogP contribution in [-0.4, -0.2) is 92.6 Å². The number of amides is 4. The number of carbonyl (C=O) groups is 4. The van der Waals surface area contributed by atoms with Crippen LogP contribution in [0.15, 0.2) is 48.7 Å². The van der Waals surface area contributed by atoms with E-state index in [4.69, 9.17) is 19.4 Å². The maximum Gasteiger partial charge on any atom is 0.407 e. The molecule has 6 atom stereocenters. The highest BCUT2D eigenvalue weighted by Gasteiger charge is 2.51. The van der Waals surface area contributed by atoms with Crippen LogP contribution < -0.4 is 10.6 Å². The summed E-state index contributed by atoms with van der Waals surface area (Å²) in [4.78, 5) is 72.0. The number of imidazole rings is 2. The Morgan fingerprint density at radius 3 is 2.11 bits per heavy atom. The van der Waals surface area contributed by atoms with E-state index in [1.807, 2.05) is 55.8 Å². The number of fused-ring (bicyclic) bond motifs is 3. The highest BCUT2D eigenvalue weighted by atomic mass is 16.5. The van der Waals surface area contributed by atoms with E-state index in [0.29, 0.717) is 12.5 Å². The van der Waals surface area contributed by atoms with Crippen LogP contribution >= 0.6 is 0 Å². The van der Waals surface area contributed by atoms with E-state index in [1.165, 1.54) is 14.2 Å². The van der Waals surface area contributed by atoms with E-state index in [1.54, 1.807) is 0 Å². The van der Waals surface area contributed by atoms with Gasteiger partial charge in [0.05, 0.1) is 49.2 Å². The number of ether oxygens (including phenoxy) is 2. The number of hydrogen-bond donors (Lipinski definition) is 4. The molecule has 3 aliphatic rings. The van der Waals surface area contributed by atoms with Crippen molar-refractivity contribution in [3.05, 3.63) is 60.3 Å². The minimum absolute atomic E-state index is 0.0991. The molecule has 2 aliphatic heterocycles. The molecule has 1 saturated carbocycles. The van der Waals surface area contributed by atoms with Crippen LogP contribution in [0.4, 0.5) is 9.59 Å². The van der Waals surface area contributed by atoms with Gasteiger partial charge in [-0.25, -0.2) is 19.6 Å². The summed E-state index contributed by atoms with van der Waals surface area (Å²) in [5, 5.41) is 5.45. The average molecular weight is 739 g/mol. The molecule has 0 spiro atoms. The molecule has 2 aromatic heterocycles. The number of nitrogens with zero attached hydrogens (tertiary/aromatic N) is 4. The number of piperidine rings is 1. The second-order valence-electron chi connectivity index (χ2n) is 15.4. The first-order valence-corrected chi connectivity index (χ1v) is 18.9. The number of hydrogen-bond acceptors (Lipinski definition) is 8. The van der Waals surface area contributed by atoms with Crippen LogP contribution in [0.3, 0.4) is 0 Å². The molecule has 7 rings (SSSR count).